The van der Waals surface area contributed by atoms with Gasteiger partial charge in [-0.25, -0.2) is 13.1 Å². The van der Waals surface area contributed by atoms with Crippen LogP contribution >= 0.6 is 0 Å². The number of ether oxygens (including phenoxy) is 1. The van der Waals surface area contributed by atoms with Gasteiger partial charge in [-0.2, -0.15) is 13.2 Å². The lowest BCUT2D eigenvalue weighted by Crippen LogP contribution is -2.33. The first kappa shape index (κ1) is 24.8. The molecule has 0 saturated heterocycles. The Kier molecular flexibility index (Phi) is 9.33. The average Bonchev–Trinajstić information content (AvgIpc) is 2.70. The maximum Gasteiger partial charge on any atom is 0.416 e. The van der Waals surface area contributed by atoms with Crippen LogP contribution in [0.15, 0.2) is 41.8 Å². The zero-order valence-electron chi connectivity index (χ0n) is 17.3. The van der Waals surface area contributed by atoms with E-state index in [4.69, 9.17) is 4.74 Å². The molecule has 0 unspecified atom stereocenters. The highest BCUT2D eigenvalue weighted by molar-refractivity contribution is 7.89. The second-order valence-corrected chi connectivity index (χ2v) is 9.56. The number of hydrogen-bond donors (Lipinski definition) is 1. The van der Waals surface area contributed by atoms with Crippen molar-refractivity contribution in [3.63, 3.8) is 0 Å². The molecule has 5 nitrogen and oxygen atoms in total. The molecule has 30 heavy (non-hydrogen) atoms. The molecule has 0 spiro atoms. The Bertz CT molecular complexity index is 759. The Morgan fingerprint density at radius 1 is 1.20 bits per heavy atom. The third kappa shape index (κ3) is 8.02. The molecule has 0 radical (unpaired) electrons. The zero-order chi connectivity index (χ0) is 22.2. The van der Waals surface area contributed by atoms with Crippen LogP contribution in [0.3, 0.4) is 0 Å². The maximum absolute atomic E-state index is 12.6. The van der Waals surface area contributed by atoms with Crippen LogP contribution in [0, 0.1) is 5.92 Å². The topological polar surface area (TPSA) is 58.6 Å². The molecule has 0 heterocycles. The lowest BCUT2D eigenvalue weighted by Gasteiger charge is -2.29. The zero-order valence-corrected chi connectivity index (χ0v) is 18.1. The van der Waals surface area contributed by atoms with E-state index in [9.17, 15) is 21.6 Å². The summed E-state index contributed by atoms with van der Waals surface area (Å²) in [6.07, 6.45) is 2.03. The van der Waals surface area contributed by atoms with E-state index in [1.54, 1.807) is 0 Å². The summed E-state index contributed by atoms with van der Waals surface area (Å²) in [5, 5.41) is 0. The van der Waals surface area contributed by atoms with Crippen molar-refractivity contribution < 1.29 is 26.3 Å². The third-order valence-corrected chi connectivity index (χ3v) is 6.77. The van der Waals surface area contributed by atoms with Crippen LogP contribution < -0.4 is 4.72 Å². The largest absolute Gasteiger partial charge is 0.416 e. The van der Waals surface area contributed by atoms with Gasteiger partial charge < -0.3 is 9.64 Å². The van der Waals surface area contributed by atoms with Crippen LogP contribution in [-0.4, -0.2) is 52.7 Å². The van der Waals surface area contributed by atoms with Gasteiger partial charge in [0, 0.05) is 26.2 Å². The molecule has 1 N–H and O–H groups in total. The van der Waals surface area contributed by atoms with Gasteiger partial charge in [0.1, 0.15) is 0 Å². The molecule has 0 bridgehead atoms. The SMILES string of the molecule is C=CCN(C)CCCOC1CCC(CNS(=O)(=O)c2ccc(C(F)(F)F)cc2)CC1. The van der Waals surface area contributed by atoms with Gasteiger partial charge in [-0.05, 0) is 69.3 Å². The number of halogens is 3. The summed E-state index contributed by atoms with van der Waals surface area (Å²) in [5.74, 6) is 0.202. The van der Waals surface area contributed by atoms with Crippen LogP contribution in [0.4, 0.5) is 13.2 Å². The summed E-state index contributed by atoms with van der Waals surface area (Å²) in [4.78, 5) is 2.02. The lowest BCUT2D eigenvalue weighted by atomic mass is 9.87. The van der Waals surface area contributed by atoms with Crippen molar-refractivity contribution in [3.8, 4) is 0 Å². The minimum absolute atomic E-state index is 0.158. The van der Waals surface area contributed by atoms with Crippen molar-refractivity contribution in [3.05, 3.63) is 42.5 Å². The summed E-state index contributed by atoms with van der Waals surface area (Å²) in [5.41, 5.74) is -0.868. The smallest absolute Gasteiger partial charge is 0.378 e. The standard InChI is InChI=1S/C21H31F3N2O3S/c1-3-13-26(2)14-4-15-29-19-9-5-17(6-10-19)16-25-30(27,28)20-11-7-18(8-12-20)21(22,23)24/h3,7-8,11-12,17,19,25H,1,4-6,9-10,13-16H2,2H3. The van der Waals surface area contributed by atoms with Gasteiger partial charge in [-0.15, -0.1) is 6.58 Å². The summed E-state index contributed by atoms with van der Waals surface area (Å²) < 4.78 is 71.0. The summed E-state index contributed by atoms with van der Waals surface area (Å²) >= 11 is 0. The molecule has 1 aromatic rings. The molecule has 1 saturated carbocycles. The second kappa shape index (κ2) is 11.3. The van der Waals surface area contributed by atoms with Crippen molar-refractivity contribution in [2.75, 3.05) is 33.3 Å². The number of hydrogen-bond acceptors (Lipinski definition) is 4. The highest BCUT2D eigenvalue weighted by Crippen LogP contribution is 2.30. The quantitative estimate of drug-likeness (QED) is 0.410. The summed E-state index contributed by atoms with van der Waals surface area (Å²) in [7, 11) is -1.79. The van der Waals surface area contributed by atoms with E-state index in [1.165, 1.54) is 0 Å². The number of alkyl halides is 3. The first-order chi connectivity index (χ1) is 14.1. The first-order valence-corrected chi connectivity index (χ1v) is 11.7. The molecule has 0 aliphatic heterocycles. The number of likely N-dealkylation sites (N-methyl/N-ethyl adjacent to an activating group) is 1. The van der Waals surface area contributed by atoms with E-state index in [-0.39, 0.29) is 23.5 Å². The molecular formula is C21H31F3N2O3S. The number of benzene rings is 1. The highest BCUT2D eigenvalue weighted by atomic mass is 32.2. The fourth-order valence-electron chi connectivity index (χ4n) is 3.53. The van der Waals surface area contributed by atoms with Crippen LogP contribution in [0.1, 0.15) is 37.7 Å². The minimum atomic E-state index is -4.49. The van der Waals surface area contributed by atoms with E-state index < -0.39 is 21.8 Å². The molecule has 0 aromatic heterocycles. The van der Waals surface area contributed by atoms with Crippen molar-refractivity contribution in [1.82, 2.24) is 9.62 Å². The molecule has 1 aliphatic carbocycles. The Morgan fingerprint density at radius 3 is 2.40 bits per heavy atom. The van der Waals surface area contributed by atoms with E-state index in [1.807, 2.05) is 13.1 Å². The monoisotopic (exact) mass is 448 g/mol. The fourth-order valence-corrected chi connectivity index (χ4v) is 4.65. The van der Waals surface area contributed by atoms with Crippen molar-refractivity contribution in [2.24, 2.45) is 5.92 Å². The van der Waals surface area contributed by atoms with Crippen LogP contribution in [0.2, 0.25) is 0 Å². The number of nitrogens with one attached hydrogen (secondary N) is 1. The van der Waals surface area contributed by atoms with E-state index >= 15 is 0 Å². The fraction of sp³-hybridized carbons (Fsp3) is 0.619. The Hall–Kier alpha value is -1.42. The van der Waals surface area contributed by atoms with Crippen molar-refractivity contribution in [2.45, 2.75) is 49.3 Å². The van der Waals surface area contributed by atoms with Gasteiger partial charge in [0.15, 0.2) is 0 Å². The van der Waals surface area contributed by atoms with E-state index in [0.717, 1.165) is 69.5 Å². The van der Waals surface area contributed by atoms with Crippen molar-refractivity contribution in [1.29, 1.82) is 0 Å². The van der Waals surface area contributed by atoms with Gasteiger partial charge in [0.25, 0.3) is 0 Å². The number of rotatable bonds is 11. The Labute approximate surface area is 177 Å². The average molecular weight is 449 g/mol. The predicted octanol–water partition coefficient (Wildman–Crippen LogP) is 4.07. The van der Waals surface area contributed by atoms with Crippen molar-refractivity contribution >= 4 is 10.0 Å². The molecule has 9 heteroatoms. The Morgan fingerprint density at radius 2 is 1.83 bits per heavy atom. The van der Waals surface area contributed by atoms with Gasteiger partial charge >= 0.3 is 6.18 Å². The maximum atomic E-state index is 12.6. The van der Waals surface area contributed by atoms with Crippen LogP contribution in [-0.2, 0) is 20.9 Å². The molecule has 170 valence electrons. The molecule has 1 aliphatic rings. The predicted molar refractivity (Wildman–Crippen MR) is 111 cm³/mol. The summed E-state index contributed by atoms with van der Waals surface area (Å²) in [6.45, 7) is 6.50. The third-order valence-electron chi connectivity index (χ3n) is 5.33. The van der Waals surface area contributed by atoms with E-state index in [0.29, 0.717) is 6.61 Å². The number of nitrogens with zero attached hydrogens (tertiary/aromatic N) is 1. The molecule has 2 rings (SSSR count). The minimum Gasteiger partial charge on any atom is -0.378 e. The molecular weight excluding hydrogens is 417 g/mol. The van der Waals surface area contributed by atoms with Crippen LogP contribution in [0.5, 0.6) is 0 Å². The summed E-state index contributed by atoms with van der Waals surface area (Å²) in [6, 6.07) is 3.54. The lowest BCUT2D eigenvalue weighted by molar-refractivity contribution is -0.137. The molecule has 0 atom stereocenters. The Balaban J connectivity index is 1.70. The molecule has 1 aromatic carbocycles. The van der Waals surface area contributed by atoms with Crippen LogP contribution in [0.25, 0.3) is 0 Å². The van der Waals surface area contributed by atoms with Gasteiger partial charge in [-0.1, -0.05) is 6.08 Å². The normalized spacial score (nSPS) is 20.4. The first-order valence-electron chi connectivity index (χ1n) is 10.2. The second-order valence-electron chi connectivity index (χ2n) is 7.79. The van der Waals surface area contributed by atoms with Gasteiger partial charge in [0.2, 0.25) is 10.0 Å². The van der Waals surface area contributed by atoms with Gasteiger partial charge in [0.05, 0.1) is 16.6 Å². The highest BCUT2D eigenvalue weighted by Gasteiger charge is 2.31. The molecule has 0 amide bonds. The molecule has 1 fully saturated rings. The van der Waals surface area contributed by atoms with Gasteiger partial charge in [-0.3, -0.25) is 0 Å². The van der Waals surface area contributed by atoms with E-state index in [2.05, 4.69) is 16.2 Å². The number of sulfonamides is 1.